The normalized spacial score (nSPS) is 16.8. The average Bonchev–Trinajstić information content (AvgIpc) is 2.72. The van der Waals surface area contributed by atoms with Gasteiger partial charge in [-0.1, -0.05) is 36.4 Å². The number of nitrogens with zero attached hydrogens (tertiary/aromatic N) is 1. The largest absolute Gasteiger partial charge is 0.489 e. The van der Waals surface area contributed by atoms with Crippen LogP contribution in [0.4, 0.5) is 10.5 Å². The summed E-state index contributed by atoms with van der Waals surface area (Å²) in [6.07, 6.45) is 0.799. The number of amides is 2. The number of carbonyl (C=O) groups excluding carboxylic acids is 1. The van der Waals surface area contributed by atoms with Gasteiger partial charge >= 0.3 is 6.03 Å². The molecule has 1 saturated heterocycles. The summed E-state index contributed by atoms with van der Waals surface area (Å²) in [4.78, 5) is 14.3. The Morgan fingerprint density at radius 2 is 2.07 bits per heavy atom. The number of carbonyl (C=O) groups is 1. The molecule has 1 aliphatic heterocycles. The summed E-state index contributed by atoms with van der Waals surface area (Å²) in [5.74, 6) is 0.719. The average molecular weight is 370 g/mol. The van der Waals surface area contributed by atoms with Gasteiger partial charge in [-0.2, -0.15) is 0 Å². The molecule has 0 bridgehead atoms. The summed E-state index contributed by atoms with van der Waals surface area (Å²) >= 11 is 0. The number of anilines is 1. The number of morpholine rings is 1. The minimum Gasteiger partial charge on any atom is -0.489 e. The molecule has 0 unspecified atom stereocenters. The van der Waals surface area contributed by atoms with Crippen molar-refractivity contribution in [1.82, 2.24) is 4.90 Å². The van der Waals surface area contributed by atoms with Gasteiger partial charge in [0.2, 0.25) is 0 Å². The van der Waals surface area contributed by atoms with Crippen molar-refractivity contribution in [3.8, 4) is 5.75 Å². The van der Waals surface area contributed by atoms with E-state index in [1.54, 1.807) is 12.0 Å². The summed E-state index contributed by atoms with van der Waals surface area (Å²) in [6.45, 7) is 2.81. The first-order chi connectivity index (χ1) is 13.2. The van der Waals surface area contributed by atoms with Crippen molar-refractivity contribution >= 4 is 11.7 Å². The summed E-state index contributed by atoms with van der Waals surface area (Å²) in [5, 5.41) is 2.95. The van der Waals surface area contributed by atoms with E-state index < -0.39 is 0 Å². The maximum Gasteiger partial charge on any atom is 0.322 e. The highest BCUT2D eigenvalue weighted by Gasteiger charge is 2.24. The zero-order chi connectivity index (χ0) is 18.9. The van der Waals surface area contributed by atoms with Crippen LogP contribution in [-0.4, -0.2) is 50.4 Å². The number of urea groups is 1. The predicted molar refractivity (Wildman–Crippen MR) is 104 cm³/mol. The van der Waals surface area contributed by atoms with E-state index in [-0.39, 0.29) is 12.1 Å². The van der Waals surface area contributed by atoms with Gasteiger partial charge < -0.3 is 24.4 Å². The molecular weight excluding hydrogens is 344 g/mol. The van der Waals surface area contributed by atoms with Crippen molar-refractivity contribution in [1.29, 1.82) is 0 Å². The lowest BCUT2D eigenvalue weighted by Gasteiger charge is -2.32. The number of hydrogen-bond donors (Lipinski definition) is 1. The van der Waals surface area contributed by atoms with Gasteiger partial charge in [0.15, 0.2) is 0 Å². The summed E-state index contributed by atoms with van der Waals surface area (Å²) in [7, 11) is 1.67. The van der Waals surface area contributed by atoms with Gasteiger partial charge in [-0.05, 0) is 24.1 Å². The van der Waals surface area contributed by atoms with E-state index >= 15 is 0 Å². The molecule has 0 aromatic heterocycles. The fourth-order valence-corrected chi connectivity index (χ4v) is 2.93. The fourth-order valence-electron chi connectivity index (χ4n) is 2.93. The van der Waals surface area contributed by atoms with Crippen molar-refractivity contribution in [3.63, 3.8) is 0 Å². The molecule has 6 heteroatoms. The molecule has 2 aromatic rings. The highest BCUT2D eigenvalue weighted by molar-refractivity contribution is 5.89. The van der Waals surface area contributed by atoms with Crippen molar-refractivity contribution in [3.05, 3.63) is 60.2 Å². The van der Waals surface area contributed by atoms with E-state index in [1.807, 2.05) is 54.6 Å². The van der Waals surface area contributed by atoms with E-state index in [9.17, 15) is 4.79 Å². The van der Waals surface area contributed by atoms with Crippen LogP contribution in [0.25, 0.3) is 0 Å². The maximum atomic E-state index is 12.6. The van der Waals surface area contributed by atoms with Crippen LogP contribution >= 0.6 is 0 Å². The zero-order valence-corrected chi connectivity index (χ0v) is 15.6. The molecule has 1 atom stereocenters. The van der Waals surface area contributed by atoms with Crippen LogP contribution in [0.1, 0.15) is 12.0 Å². The quantitative estimate of drug-likeness (QED) is 0.810. The molecule has 2 amide bonds. The number of hydrogen-bond acceptors (Lipinski definition) is 4. The third kappa shape index (κ3) is 5.98. The molecule has 1 aliphatic rings. The van der Waals surface area contributed by atoms with Gasteiger partial charge in [0.25, 0.3) is 0 Å². The smallest absolute Gasteiger partial charge is 0.322 e. The highest BCUT2D eigenvalue weighted by atomic mass is 16.5. The van der Waals surface area contributed by atoms with E-state index in [1.165, 1.54) is 0 Å². The summed E-state index contributed by atoms with van der Waals surface area (Å²) < 4.78 is 16.6. The Labute approximate surface area is 160 Å². The molecule has 1 N–H and O–H groups in total. The number of methoxy groups -OCH3 is 1. The zero-order valence-electron chi connectivity index (χ0n) is 15.6. The summed E-state index contributed by atoms with van der Waals surface area (Å²) in [5.41, 5.74) is 1.81. The second-order valence-corrected chi connectivity index (χ2v) is 6.45. The van der Waals surface area contributed by atoms with Crippen molar-refractivity contribution in [2.75, 3.05) is 38.7 Å². The molecule has 0 radical (unpaired) electrons. The van der Waals surface area contributed by atoms with Crippen molar-refractivity contribution in [2.24, 2.45) is 0 Å². The number of ether oxygens (including phenoxy) is 3. The third-order valence-electron chi connectivity index (χ3n) is 4.40. The molecule has 1 fully saturated rings. The van der Waals surface area contributed by atoms with E-state index in [0.717, 1.165) is 17.7 Å². The summed E-state index contributed by atoms with van der Waals surface area (Å²) in [6, 6.07) is 17.3. The van der Waals surface area contributed by atoms with Crippen LogP contribution in [0.5, 0.6) is 5.75 Å². The van der Waals surface area contributed by atoms with Crippen molar-refractivity contribution < 1.29 is 19.0 Å². The lowest BCUT2D eigenvalue weighted by atomic mass is 10.2. The second kappa shape index (κ2) is 9.94. The molecule has 2 aromatic carbocycles. The van der Waals surface area contributed by atoms with Gasteiger partial charge in [-0.3, -0.25) is 0 Å². The predicted octanol–water partition coefficient (Wildman–Crippen LogP) is 3.53. The Bertz CT molecular complexity index is 723. The first kappa shape index (κ1) is 19.2. The Balaban J connectivity index is 1.53. The van der Waals surface area contributed by atoms with E-state index in [0.29, 0.717) is 38.6 Å². The molecule has 3 rings (SSSR count). The maximum absolute atomic E-state index is 12.6. The molecule has 0 aliphatic carbocycles. The molecule has 1 heterocycles. The Morgan fingerprint density at radius 3 is 2.89 bits per heavy atom. The molecule has 0 saturated carbocycles. The first-order valence-corrected chi connectivity index (χ1v) is 9.18. The molecule has 27 heavy (non-hydrogen) atoms. The number of benzene rings is 2. The molecule has 144 valence electrons. The van der Waals surface area contributed by atoms with E-state index in [2.05, 4.69) is 5.32 Å². The van der Waals surface area contributed by atoms with Gasteiger partial charge in [0, 0.05) is 38.6 Å². The monoisotopic (exact) mass is 370 g/mol. The fraction of sp³-hybridized carbons (Fsp3) is 0.381. The van der Waals surface area contributed by atoms with Crippen LogP contribution in [0.2, 0.25) is 0 Å². The van der Waals surface area contributed by atoms with Gasteiger partial charge in [0.1, 0.15) is 12.4 Å². The van der Waals surface area contributed by atoms with Gasteiger partial charge in [-0.25, -0.2) is 4.79 Å². The topological polar surface area (TPSA) is 60.0 Å². The van der Waals surface area contributed by atoms with Crippen LogP contribution in [0, 0.1) is 0 Å². The SMILES string of the molecule is COCC[C@H]1CN(C(=O)Nc2cccc(OCc3ccccc3)c2)CCO1. The molecule has 0 spiro atoms. The van der Waals surface area contributed by atoms with Gasteiger partial charge in [0.05, 0.1) is 12.7 Å². The van der Waals surface area contributed by atoms with Crippen LogP contribution in [0.3, 0.4) is 0 Å². The minimum atomic E-state index is -0.124. The lowest BCUT2D eigenvalue weighted by Crippen LogP contribution is -2.47. The minimum absolute atomic E-state index is 0.0185. The number of nitrogens with one attached hydrogen (secondary N) is 1. The first-order valence-electron chi connectivity index (χ1n) is 9.18. The van der Waals surface area contributed by atoms with Crippen LogP contribution in [-0.2, 0) is 16.1 Å². The standard InChI is InChI=1S/C21H26N2O4/c1-25-12-10-20-15-23(11-13-26-20)21(24)22-18-8-5-9-19(14-18)27-16-17-6-3-2-4-7-17/h2-9,14,20H,10-13,15-16H2,1H3,(H,22,24)/t20-/m0/s1. The van der Waals surface area contributed by atoms with Crippen LogP contribution < -0.4 is 10.1 Å². The Morgan fingerprint density at radius 1 is 1.22 bits per heavy atom. The highest BCUT2D eigenvalue weighted by Crippen LogP contribution is 2.19. The number of rotatable bonds is 7. The Hall–Kier alpha value is -2.57. The second-order valence-electron chi connectivity index (χ2n) is 6.45. The third-order valence-corrected chi connectivity index (χ3v) is 4.40. The molecule has 6 nitrogen and oxygen atoms in total. The van der Waals surface area contributed by atoms with Crippen LogP contribution in [0.15, 0.2) is 54.6 Å². The molecular formula is C21H26N2O4. The Kier molecular flexibility index (Phi) is 7.07. The van der Waals surface area contributed by atoms with Crippen molar-refractivity contribution in [2.45, 2.75) is 19.1 Å². The van der Waals surface area contributed by atoms with E-state index in [4.69, 9.17) is 14.2 Å². The lowest BCUT2D eigenvalue weighted by molar-refractivity contribution is -0.0260. The van der Waals surface area contributed by atoms with Gasteiger partial charge in [-0.15, -0.1) is 0 Å².